The number of anilines is 1. The number of carbonyl (C=O) groups excluding carboxylic acids is 2. The number of carboxylic acid groups (broad SMARTS) is 1. The molecule has 146 valence electrons. The van der Waals surface area contributed by atoms with Gasteiger partial charge in [-0.05, 0) is 55.9 Å². The molecule has 1 aliphatic carbocycles. The zero-order chi connectivity index (χ0) is 19.6. The van der Waals surface area contributed by atoms with Crippen molar-refractivity contribution in [2.24, 2.45) is 11.3 Å². The Bertz CT molecular complexity index is 732. The summed E-state index contributed by atoms with van der Waals surface area (Å²) in [5.74, 6) is -1.49. The highest BCUT2D eigenvalue weighted by Crippen LogP contribution is 2.59. The van der Waals surface area contributed by atoms with Gasteiger partial charge < -0.3 is 15.3 Å². The summed E-state index contributed by atoms with van der Waals surface area (Å²) in [5.41, 5.74) is 0.410. The number of likely N-dealkylation sites (tertiary alicyclic amines) is 1. The first-order valence-electron chi connectivity index (χ1n) is 8.99. The molecule has 2 N–H and O–H groups in total. The largest absolute Gasteiger partial charge is 0.481 e. The third-order valence-electron chi connectivity index (χ3n) is 5.50. The van der Waals surface area contributed by atoms with E-state index in [1.54, 1.807) is 11.8 Å². The SMILES string of the molecule is CC(SCC(=O)Nc1ccc(F)cc1)C(=O)N1CCC2(CC1)CC2C(=O)O. The maximum atomic E-state index is 12.9. The van der Waals surface area contributed by atoms with Crippen molar-refractivity contribution >= 4 is 35.2 Å². The minimum atomic E-state index is -0.731. The van der Waals surface area contributed by atoms with Crippen LogP contribution in [0.4, 0.5) is 10.1 Å². The Labute approximate surface area is 161 Å². The van der Waals surface area contributed by atoms with Crippen LogP contribution in [0.3, 0.4) is 0 Å². The highest BCUT2D eigenvalue weighted by Gasteiger charge is 2.59. The normalized spacial score (nSPS) is 21.6. The molecule has 1 spiro atoms. The Morgan fingerprint density at radius 2 is 1.93 bits per heavy atom. The van der Waals surface area contributed by atoms with Crippen molar-refractivity contribution in [2.75, 3.05) is 24.2 Å². The van der Waals surface area contributed by atoms with E-state index >= 15 is 0 Å². The van der Waals surface area contributed by atoms with Gasteiger partial charge in [0.1, 0.15) is 5.82 Å². The maximum absolute atomic E-state index is 12.9. The van der Waals surface area contributed by atoms with Gasteiger partial charge in [0, 0.05) is 18.8 Å². The minimum Gasteiger partial charge on any atom is -0.481 e. The number of piperidine rings is 1. The highest BCUT2D eigenvalue weighted by atomic mass is 32.2. The Kier molecular flexibility index (Phi) is 5.74. The quantitative estimate of drug-likeness (QED) is 0.775. The number of rotatable bonds is 6. The van der Waals surface area contributed by atoms with Crippen LogP contribution >= 0.6 is 11.8 Å². The van der Waals surface area contributed by atoms with Crippen LogP contribution in [0.2, 0.25) is 0 Å². The van der Waals surface area contributed by atoms with Gasteiger partial charge in [-0.15, -0.1) is 11.8 Å². The fourth-order valence-electron chi connectivity index (χ4n) is 3.68. The summed E-state index contributed by atoms with van der Waals surface area (Å²) in [6, 6.07) is 5.51. The number of nitrogens with one attached hydrogen (secondary N) is 1. The van der Waals surface area contributed by atoms with E-state index in [0.717, 1.165) is 19.3 Å². The number of amides is 2. The third-order valence-corrected chi connectivity index (χ3v) is 6.63. The fraction of sp³-hybridized carbons (Fsp3) is 0.526. The molecule has 1 saturated heterocycles. The molecule has 2 aliphatic rings. The number of benzene rings is 1. The Hall–Kier alpha value is -2.09. The first kappa shape index (κ1) is 19.7. The van der Waals surface area contributed by atoms with E-state index in [1.807, 2.05) is 0 Å². The van der Waals surface area contributed by atoms with Gasteiger partial charge in [0.25, 0.3) is 0 Å². The molecular formula is C19H23FN2O4S. The van der Waals surface area contributed by atoms with E-state index in [0.29, 0.717) is 18.8 Å². The van der Waals surface area contributed by atoms with Crippen LogP contribution < -0.4 is 5.32 Å². The number of hydrogen-bond acceptors (Lipinski definition) is 4. The molecule has 3 rings (SSSR count). The molecule has 1 aromatic rings. The highest BCUT2D eigenvalue weighted by molar-refractivity contribution is 8.01. The fourth-order valence-corrected chi connectivity index (χ4v) is 4.45. The van der Waals surface area contributed by atoms with E-state index < -0.39 is 5.97 Å². The molecule has 2 fully saturated rings. The van der Waals surface area contributed by atoms with Crippen molar-refractivity contribution in [3.8, 4) is 0 Å². The third kappa shape index (κ3) is 4.61. The van der Waals surface area contributed by atoms with Crippen LogP contribution in [-0.2, 0) is 14.4 Å². The van der Waals surface area contributed by atoms with Crippen LogP contribution in [0.5, 0.6) is 0 Å². The molecule has 0 bridgehead atoms. The molecule has 8 heteroatoms. The van der Waals surface area contributed by atoms with E-state index in [9.17, 15) is 18.8 Å². The topological polar surface area (TPSA) is 86.7 Å². The van der Waals surface area contributed by atoms with Crippen molar-refractivity contribution in [1.29, 1.82) is 0 Å². The van der Waals surface area contributed by atoms with Gasteiger partial charge in [0.05, 0.1) is 16.9 Å². The average Bonchev–Trinajstić information content (AvgIpc) is 3.35. The molecule has 1 aliphatic heterocycles. The molecule has 2 amide bonds. The van der Waals surface area contributed by atoms with Gasteiger partial charge in [0.2, 0.25) is 11.8 Å². The first-order valence-corrected chi connectivity index (χ1v) is 10.0. The van der Waals surface area contributed by atoms with Crippen LogP contribution in [0.25, 0.3) is 0 Å². The summed E-state index contributed by atoms with van der Waals surface area (Å²) in [6.07, 6.45) is 2.19. The Morgan fingerprint density at radius 1 is 1.30 bits per heavy atom. The van der Waals surface area contributed by atoms with Gasteiger partial charge in [-0.3, -0.25) is 14.4 Å². The second-order valence-corrected chi connectivity index (χ2v) is 8.62. The lowest BCUT2D eigenvalue weighted by Gasteiger charge is -2.34. The molecule has 27 heavy (non-hydrogen) atoms. The van der Waals surface area contributed by atoms with Crippen molar-refractivity contribution in [2.45, 2.75) is 31.4 Å². The first-order chi connectivity index (χ1) is 12.8. The number of nitrogens with zero attached hydrogens (tertiary/aromatic N) is 1. The van der Waals surface area contributed by atoms with Gasteiger partial charge in [-0.25, -0.2) is 4.39 Å². The van der Waals surface area contributed by atoms with E-state index in [1.165, 1.54) is 36.0 Å². The molecule has 0 aromatic heterocycles. The number of carboxylic acids is 1. The molecule has 0 radical (unpaired) electrons. The van der Waals surface area contributed by atoms with Crippen LogP contribution in [0.1, 0.15) is 26.2 Å². The van der Waals surface area contributed by atoms with Crippen LogP contribution in [-0.4, -0.2) is 51.9 Å². The Morgan fingerprint density at radius 3 is 2.48 bits per heavy atom. The lowest BCUT2D eigenvalue weighted by molar-refractivity contribution is -0.139. The minimum absolute atomic E-state index is 0.0167. The summed E-state index contributed by atoms with van der Waals surface area (Å²) < 4.78 is 12.9. The van der Waals surface area contributed by atoms with Gasteiger partial charge in [0.15, 0.2) is 0 Å². The predicted molar refractivity (Wildman–Crippen MR) is 101 cm³/mol. The van der Waals surface area contributed by atoms with E-state index in [4.69, 9.17) is 5.11 Å². The lowest BCUT2D eigenvalue weighted by atomic mass is 9.90. The standard InChI is InChI=1S/C19H23FN2O4S/c1-12(27-11-16(23)21-14-4-2-13(20)3-5-14)17(24)22-8-6-19(7-9-22)10-15(19)18(25)26/h2-5,12,15H,6-11H2,1H3,(H,21,23)(H,25,26). The average molecular weight is 394 g/mol. The number of aliphatic carboxylic acids is 1. The monoisotopic (exact) mass is 394 g/mol. The van der Waals surface area contributed by atoms with Crippen molar-refractivity contribution in [3.63, 3.8) is 0 Å². The number of hydrogen-bond donors (Lipinski definition) is 2. The number of halogens is 1. The predicted octanol–water partition coefficient (Wildman–Crippen LogP) is 2.60. The molecule has 1 saturated carbocycles. The molecular weight excluding hydrogens is 371 g/mol. The van der Waals surface area contributed by atoms with Gasteiger partial charge >= 0.3 is 5.97 Å². The van der Waals surface area contributed by atoms with Crippen LogP contribution in [0.15, 0.2) is 24.3 Å². The summed E-state index contributed by atoms with van der Waals surface area (Å²) in [7, 11) is 0. The second kappa shape index (κ2) is 7.88. The van der Waals surface area contributed by atoms with Crippen molar-refractivity contribution < 1.29 is 23.9 Å². The zero-order valence-electron chi connectivity index (χ0n) is 15.1. The number of thioether (sulfide) groups is 1. The molecule has 2 unspecified atom stereocenters. The summed E-state index contributed by atoms with van der Waals surface area (Å²) in [5, 5.41) is 11.5. The Balaban J connectivity index is 1.41. The van der Waals surface area contributed by atoms with Gasteiger partial charge in [-0.2, -0.15) is 0 Å². The van der Waals surface area contributed by atoms with Crippen LogP contribution in [0, 0.1) is 17.2 Å². The van der Waals surface area contributed by atoms with E-state index in [-0.39, 0.29) is 40.0 Å². The summed E-state index contributed by atoms with van der Waals surface area (Å²) in [4.78, 5) is 37.4. The smallest absolute Gasteiger partial charge is 0.307 e. The van der Waals surface area contributed by atoms with E-state index in [2.05, 4.69) is 5.32 Å². The second-order valence-electron chi connectivity index (χ2n) is 7.29. The lowest BCUT2D eigenvalue weighted by Crippen LogP contribution is -2.43. The molecule has 2 atom stereocenters. The molecule has 6 nitrogen and oxygen atoms in total. The number of carbonyl (C=O) groups is 3. The van der Waals surface area contributed by atoms with Crippen molar-refractivity contribution in [3.05, 3.63) is 30.1 Å². The maximum Gasteiger partial charge on any atom is 0.307 e. The summed E-state index contributed by atoms with van der Waals surface area (Å²) in [6.45, 7) is 2.93. The molecule has 1 aromatic carbocycles. The van der Waals surface area contributed by atoms with Crippen molar-refractivity contribution in [1.82, 2.24) is 4.90 Å². The zero-order valence-corrected chi connectivity index (χ0v) is 15.9. The summed E-state index contributed by atoms with van der Waals surface area (Å²) >= 11 is 1.26. The van der Waals surface area contributed by atoms with Gasteiger partial charge in [-0.1, -0.05) is 0 Å². The molecule has 1 heterocycles.